The number of rotatable bonds is 5. The standard InChI is InChI=1S/C19H24N4S2/c1-12(2)23-7-6-14(10-23)9-20-18-17-15(16-5-4-8-24-16)11-25-19(17)22-13(3)21-18/h4-5,8,11-12,14H,6-7,9-10H2,1-3H3,(H,20,21,22)/t14-/m1/s1. The van der Waals surface area contributed by atoms with Gasteiger partial charge in [-0.3, -0.25) is 0 Å². The smallest absolute Gasteiger partial charge is 0.139 e. The van der Waals surface area contributed by atoms with Gasteiger partial charge in [0, 0.05) is 35.0 Å². The summed E-state index contributed by atoms with van der Waals surface area (Å²) >= 11 is 3.48. The maximum Gasteiger partial charge on any atom is 0.139 e. The molecule has 0 radical (unpaired) electrons. The van der Waals surface area contributed by atoms with Gasteiger partial charge >= 0.3 is 0 Å². The number of fused-ring (bicyclic) bond motifs is 1. The van der Waals surface area contributed by atoms with Gasteiger partial charge in [-0.05, 0) is 51.1 Å². The fourth-order valence-electron chi connectivity index (χ4n) is 3.53. The van der Waals surface area contributed by atoms with Crippen LogP contribution < -0.4 is 5.32 Å². The van der Waals surface area contributed by atoms with Crippen LogP contribution in [0.2, 0.25) is 0 Å². The van der Waals surface area contributed by atoms with E-state index in [2.05, 4.69) is 51.9 Å². The van der Waals surface area contributed by atoms with Crippen LogP contribution in [0.1, 0.15) is 26.1 Å². The van der Waals surface area contributed by atoms with Gasteiger partial charge in [0.1, 0.15) is 16.5 Å². The normalized spacial score (nSPS) is 18.5. The number of hydrogen-bond acceptors (Lipinski definition) is 6. The third-order valence-electron chi connectivity index (χ3n) is 4.94. The topological polar surface area (TPSA) is 41.1 Å². The highest BCUT2D eigenvalue weighted by Crippen LogP contribution is 2.39. The molecule has 25 heavy (non-hydrogen) atoms. The molecule has 1 N–H and O–H groups in total. The Balaban J connectivity index is 1.60. The molecule has 0 saturated carbocycles. The lowest BCUT2D eigenvalue weighted by atomic mass is 10.1. The molecule has 0 unspecified atom stereocenters. The van der Waals surface area contributed by atoms with E-state index < -0.39 is 0 Å². The molecule has 1 aliphatic heterocycles. The first-order valence-corrected chi connectivity index (χ1v) is 10.7. The second-order valence-electron chi connectivity index (χ2n) is 7.05. The Labute approximate surface area is 156 Å². The minimum atomic E-state index is 0.639. The van der Waals surface area contributed by atoms with Crippen molar-refractivity contribution in [2.24, 2.45) is 5.92 Å². The molecule has 0 aliphatic carbocycles. The number of likely N-dealkylation sites (tertiary alicyclic amines) is 1. The molecule has 4 nitrogen and oxygen atoms in total. The lowest BCUT2D eigenvalue weighted by Gasteiger charge is -2.20. The van der Waals surface area contributed by atoms with E-state index in [1.54, 1.807) is 22.7 Å². The van der Waals surface area contributed by atoms with Crippen molar-refractivity contribution in [3.05, 3.63) is 28.7 Å². The molecule has 0 amide bonds. The van der Waals surface area contributed by atoms with Gasteiger partial charge in [0.25, 0.3) is 0 Å². The summed E-state index contributed by atoms with van der Waals surface area (Å²) in [5.41, 5.74) is 1.26. The van der Waals surface area contributed by atoms with Crippen LogP contribution in [0.3, 0.4) is 0 Å². The summed E-state index contributed by atoms with van der Waals surface area (Å²) in [7, 11) is 0. The maximum atomic E-state index is 4.73. The van der Waals surface area contributed by atoms with Crippen LogP contribution in [0, 0.1) is 12.8 Å². The van der Waals surface area contributed by atoms with Crippen molar-refractivity contribution in [1.82, 2.24) is 14.9 Å². The highest BCUT2D eigenvalue weighted by atomic mass is 32.1. The number of nitrogens with one attached hydrogen (secondary N) is 1. The van der Waals surface area contributed by atoms with Gasteiger partial charge in [-0.2, -0.15) is 0 Å². The first-order valence-electron chi connectivity index (χ1n) is 8.89. The molecular formula is C19H24N4S2. The van der Waals surface area contributed by atoms with E-state index in [1.165, 1.54) is 35.3 Å². The van der Waals surface area contributed by atoms with Crippen molar-refractivity contribution in [3.63, 3.8) is 0 Å². The van der Waals surface area contributed by atoms with E-state index in [1.807, 2.05) is 6.92 Å². The summed E-state index contributed by atoms with van der Waals surface area (Å²) in [5, 5.41) is 9.17. The summed E-state index contributed by atoms with van der Waals surface area (Å²) in [6.45, 7) is 9.91. The van der Waals surface area contributed by atoms with Crippen molar-refractivity contribution in [2.45, 2.75) is 33.2 Å². The zero-order valence-electron chi connectivity index (χ0n) is 15.0. The van der Waals surface area contributed by atoms with Crippen LogP contribution in [0.25, 0.3) is 20.7 Å². The van der Waals surface area contributed by atoms with Crippen LogP contribution in [0.15, 0.2) is 22.9 Å². The number of thiophene rings is 2. The SMILES string of the molecule is Cc1nc(NC[C@H]2CCN(C(C)C)C2)c2c(-c3cccs3)csc2n1. The Morgan fingerprint density at radius 2 is 2.20 bits per heavy atom. The average Bonchev–Trinajstić information content (AvgIpc) is 3.31. The minimum absolute atomic E-state index is 0.639. The Kier molecular flexibility index (Phi) is 4.75. The summed E-state index contributed by atoms with van der Waals surface area (Å²) in [5.74, 6) is 2.52. The second kappa shape index (κ2) is 7.02. The zero-order valence-corrected chi connectivity index (χ0v) is 16.6. The minimum Gasteiger partial charge on any atom is -0.369 e. The molecule has 132 valence electrons. The fraction of sp³-hybridized carbons (Fsp3) is 0.474. The van der Waals surface area contributed by atoms with Crippen LogP contribution in [0.5, 0.6) is 0 Å². The third-order valence-corrected chi connectivity index (χ3v) is 6.71. The summed E-state index contributed by atoms with van der Waals surface area (Å²) in [4.78, 5) is 14.3. The summed E-state index contributed by atoms with van der Waals surface area (Å²) < 4.78 is 0. The van der Waals surface area contributed by atoms with Crippen molar-refractivity contribution < 1.29 is 0 Å². The van der Waals surface area contributed by atoms with Gasteiger partial charge in [-0.1, -0.05) is 6.07 Å². The van der Waals surface area contributed by atoms with Gasteiger partial charge in [-0.25, -0.2) is 9.97 Å². The molecule has 4 rings (SSSR count). The average molecular weight is 373 g/mol. The van der Waals surface area contributed by atoms with Crippen molar-refractivity contribution >= 4 is 38.7 Å². The Hall–Kier alpha value is -1.50. The monoisotopic (exact) mass is 372 g/mol. The molecule has 3 aromatic heterocycles. The molecule has 4 heterocycles. The number of aryl methyl sites for hydroxylation is 1. The van der Waals surface area contributed by atoms with Crippen LogP contribution in [0.4, 0.5) is 5.82 Å². The van der Waals surface area contributed by atoms with E-state index in [0.717, 1.165) is 23.0 Å². The van der Waals surface area contributed by atoms with E-state index in [0.29, 0.717) is 12.0 Å². The van der Waals surface area contributed by atoms with Crippen LogP contribution >= 0.6 is 22.7 Å². The molecule has 0 aromatic carbocycles. The van der Waals surface area contributed by atoms with E-state index in [-0.39, 0.29) is 0 Å². The molecule has 0 spiro atoms. The Morgan fingerprint density at radius 3 is 2.92 bits per heavy atom. The molecule has 1 atom stereocenters. The largest absolute Gasteiger partial charge is 0.369 e. The van der Waals surface area contributed by atoms with E-state index in [9.17, 15) is 0 Å². The number of hydrogen-bond donors (Lipinski definition) is 1. The quantitative estimate of drug-likeness (QED) is 0.694. The predicted molar refractivity (Wildman–Crippen MR) is 109 cm³/mol. The third kappa shape index (κ3) is 3.43. The van der Waals surface area contributed by atoms with Crippen molar-refractivity contribution in [1.29, 1.82) is 0 Å². The zero-order chi connectivity index (χ0) is 17.4. The lowest BCUT2D eigenvalue weighted by molar-refractivity contribution is 0.266. The lowest BCUT2D eigenvalue weighted by Crippen LogP contribution is -2.29. The number of nitrogens with zero attached hydrogens (tertiary/aromatic N) is 3. The highest BCUT2D eigenvalue weighted by Gasteiger charge is 2.24. The summed E-state index contributed by atoms with van der Waals surface area (Å²) in [6.07, 6.45) is 1.26. The Morgan fingerprint density at radius 1 is 1.32 bits per heavy atom. The molecule has 1 saturated heterocycles. The fourth-order valence-corrected chi connectivity index (χ4v) is 5.34. The van der Waals surface area contributed by atoms with Gasteiger partial charge < -0.3 is 10.2 Å². The number of aromatic nitrogens is 2. The van der Waals surface area contributed by atoms with E-state index >= 15 is 0 Å². The Bertz CT molecular complexity index is 854. The van der Waals surface area contributed by atoms with Gasteiger partial charge in [0.2, 0.25) is 0 Å². The molecule has 1 aliphatic rings. The highest BCUT2D eigenvalue weighted by molar-refractivity contribution is 7.18. The van der Waals surface area contributed by atoms with Gasteiger partial charge in [-0.15, -0.1) is 22.7 Å². The van der Waals surface area contributed by atoms with Crippen LogP contribution in [-0.4, -0.2) is 40.5 Å². The summed E-state index contributed by atoms with van der Waals surface area (Å²) in [6, 6.07) is 4.91. The number of anilines is 1. The first kappa shape index (κ1) is 16.9. The molecule has 6 heteroatoms. The molecular weight excluding hydrogens is 348 g/mol. The second-order valence-corrected chi connectivity index (χ2v) is 8.86. The van der Waals surface area contributed by atoms with Crippen LogP contribution in [-0.2, 0) is 0 Å². The predicted octanol–water partition coefficient (Wildman–Crippen LogP) is 4.87. The maximum absolute atomic E-state index is 4.73. The molecule has 0 bridgehead atoms. The van der Waals surface area contributed by atoms with Gasteiger partial charge in [0.05, 0.1) is 5.39 Å². The van der Waals surface area contributed by atoms with E-state index in [4.69, 9.17) is 4.98 Å². The van der Waals surface area contributed by atoms with Crippen molar-refractivity contribution in [2.75, 3.05) is 25.0 Å². The molecule has 3 aromatic rings. The van der Waals surface area contributed by atoms with Crippen molar-refractivity contribution in [3.8, 4) is 10.4 Å². The van der Waals surface area contributed by atoms with Gasteiger partial charge in [0.15, 0.2) is 0 Å². The first-order chi connectivity index (χ1) is 12.1. The molecule has 1 fully saturated rings.